The molecule has 14 heavy (non-hydrogen) atoms. The van der Waals surface area contributed by atoms with Gasteiger partial charge in [-0.1, -0.05) is 20.8 Å². The minimum atomic E-state index is 0.505. The van der Waals surface area contributed by atoms with Crippen LogP contribution < -0.4 is 10.6 Å². The van der Waals surface area contributed by atoms with Crippen molar-refractivity contribution in [1.29, 1.82) is 0 Å². The summed E-state index contributed by atoms with van der Waals surface area (Å²) in [5.41, 5.74) is 0.505. The molecule has 2 N–H and O–H groups in total. The van der Waals surface area contributed by atoms with Gasteiger partial charge in [0.05, 0.1) is 0 Å². The van der Waals surface area contributed by atoms with Gasteiger partial charge in [-0.15, -0.1) is 0 Å². The monoisotopic (exact) mass is 196 g/mol. The first-order valence-electron chi connectivity index (χ1n) is 6.04. The van der Waals surface area contributed by atoms with Crippen molar-refractivity contribution in [2.45, 2.75) is 52.1 Å². The van der Waals surface area contributed by atoms with Crippen LogP contribution in [0.3, 0.4) is 0 Å². The predicted octanol–water partition coefficient (Wildman–Crippen LogP) is 1.76. The van der Waals surface area contributed by atoms with Crippen molar-refractivity contribution in [2.24, 2.45) is 11.3 Å². The van der Waals surface area contributed by atoms with Gasteiger partial charge in [0.1, 0.15) is 0 Å². The normalized spacial score (nSPS) is 34.5. The van der Waals surface area contributed by atoms with E-state index in [0.29, 0.717) is 5.41 Å². The SMILES string of the molecule is CC(C)(C)[C@H]1C[C@@H]1NC1CCNCC1. The van der Waals surface area contributed by atoms with Gasteiger partial charge in [-0.3, -0.25) is 0 Å². The van der Waals surface area contributed by atoms with Crippen molar-refractivity contribution in [2.75, 3.05) is 13.1 Å². The Morgan fingerprint density at radius 1 is 1.14 bits per heavy atom. The Hall–Kier alpha value is -0.0800. The molecule has 1 saturated heterocycles. The summed E-state index contributed by atoms with van der Waals surface area (Å²) in [6.45, 7) is 9.49. The van der Waals surface area contributed by atoms with Crippen LogP contribution >= 0.6 is 0 Å². The first-order chi connectivity index (χ1) is 6.57. The highest BCUT2D eigenvalue weighted by molar-refractivity contribution is 5.01. The average Bonchev–Trinajstić information content (AvgIpc) is 2.85. The maximum absolute atomic E-state index is 3.81. The van der Waals surface area contributed by atoms with Crippen LogP contribution in [0.4, 0.5) is 0 Å². The standard InChI is InChI=1S/C12H24N2/c1-12(2,3)10-8-11(10)14-9-4-6-13-7-5-9/h9-11,13-14H,4-8H2,1-3H3/t10-,11-/m0/s1. The molecule has 0 aromatic carbocycles. The molecule has 1 heterocycles. The fourth-order valence-corrected chi connectivity index (χ4v) is 2.63. The van der Waals surface area contributed by atoms with Gasteiger partial charge in [0.25, 0.3) is 0 Å². The average molecular weight is 196 g/mol. The topological polar surface area (TPSA) is 24.1 Å². The van der Waals surface area contributed by atoms with E-state index < -0.39 is 0 Å². The van der Waals surface area contributed by atoms with Crippen LogP contribution in [0, 0.1) is 11.3 Å². The minimum Gasteiger partial charge on any atom is -0.317 e. The summed E-state index contributed by atoms with van der Waals surface area (Å²) in [6, 6.07) is 1.60. The minimum absolute atomic E-state index is 0.505. The van der Waals surface area contributed by atoms with Crippen LogP contribution in [0.5, 0.6) is 0 Å². The fraction of sp³-hybridized carbons (Fsp3) is 1.00. The predicted molar refractivity (Wildman–Crippen MR) is 60.4 cm³/mol. The summed E-state index contributed by atoms with van der Waals surface area (Å²) in [5.74, 6) is 0.914. The van der Waals surface area contributed by atoms with Crippen molar-refractivity contribution < 1.29 is 0 Å². The second kappa shape index (κ2) is 3.82. The molecule has 82 valence electrons. The molecule has 0 spiro atoms. The third-order valence-electron chi connectivity index (χ3n) is 3.69. The quantitative estimate of drug-likeness (QED) is 0.703. The molecule has 0 bridgehead atoms. The Balaban J connectivity index is 1.72. The molecule has 2 nitrogen and oxygen atoms in total. The number of nitrogens with one attached hydrogen (secondary N) is 2. The highest BCUT2D eigenvalue weighted by atomic mass is 15.0. The molecular weight excluding hydrogens is 172 g/mol. The largest absolute Gasteiger partial charge is 0.317 e. The molecule has 0 aromatic heterocycles. The summed E-state index contributed by atoms with van der Waals surface area (Å²) in [7, 11) is 0. The Labute approximate surface area is 87.8 Å². The smallest absolute Gasteiger partial charge is 0.0107 e. The van der Waals surface area contributed by atoms with Crippen molar-refractivity contribution >= 4 is 0 Å². The lowest BCUT2D eigenvalue weighted by Gasteiger charge is -2.25. The maximum Gasteiger partial charge on any atom is 0.0107 e. The first kappa shape index (κ1) is 10.4. The molecule has 1 aliphatic heterocycles. The summed E-state index contributed by atoms with van der Waals surface area (Å²) in [6.07, 6.45) is 4.02. The third-order valence-corrected chi connectivity index (χ3v) is 3.69. The van der Waals surface area contributed by atoms with E-state index >= 15 is 0 Å². The summed E-state index contributed by atoms with van der Waals surface area (Å²) >= 11 is 0. The van der Waals surface area contributed by atoms with Crippen molar-refractivity contribution in [3.63, 3.8) is 0 Å². The second-order valence-corrected chi connectivity index (χ2v) is 6.01. The zero-order valence-corrected chi connectivity index (χ0v) is 9.77. The third kappa shape index (κ3) is 2.48. The van der Waals surface area contributed by atoms with E-state index in [2.05, 4.69) is 31.4 Å². The van der Waals surface area contributed by atoms with Gasteiger partial charge in [-0.05, 0) is 43.7 Å². The van der Waals surface area contributed by atoms with Crippen LogP contribution in [0.2, 0.25) is 0 Å². The molecular formula is C12H24N2. The zero-order valence-electron chi connectivity index (χ0n) is 9.77. The molecule has 0 amide bonds. The number of rotatable bonds is 2. The van der Waals surface area contributed by atoms with Crippen molar-refractivity contribution in [3.05, 3.63) is 0 Å². The molecule has 2 atom stereocenters. The Kier molecular flexibility index (Phi) is 2.85. The lowest BCUT2D eigenvalue weighted by Crippen LogP contribution is -2.41. The van der Waals surface area contributed by atoms with E-state index in [1.807, 2.05) is 0 Å². The van der Waals surface area contributed by atoms with E-state index in [0.717, 1.165) is 18.0 Å². The molecule has 2 heteroatoms. The van der Waals surface area contributed by atoms with E-state index in [9.17, 15) is 0 Å². The number of hydrogen-bond acceptors (Lipinski definition) is 2. The summed E-state index contributed by atoms with van der Waals surface area (Å²) in [4.78, 5) is 0. The van der Waals surface area contributed by atoms with E-state index in [-0.39, 0.29) is 0 Å². The van der Waals surface area contributed by atoms with Gasteiger partial charge < -0.3 is 10.6 Å². The van der Waals surface area contributed by atoms with Gasteiger partial charge >= 0.3 is 0 Å². The molecule has 0 aromatic rings. The molecule has 2 rings (SSSR count). The molecule has 2 aliphatic rings. The molecule has 2 fully saturated rings. The lowest BCUT2D eigenvalue weighted by atomic mass is 9.90. The van der Waals surface area contributed by atoms with Crippen LogP contribution in [0.15, 0.2) is 0 Å². The number of hydrogen-bond donors (Lipinski definition) is 2. The van der Waals surface area contributed by atoms with Crippen LogP contribution in [-0.4, -0.2) is 25.2 Å². The van der Waals surface area contributed by atoms with Gasteiger partial charge in [-0.2, -0.15) is 0 Å². The highest BCUT2D eigenvalue weighted by Crippen LogP contribution is 2.45. The van der Waals surface area contributed by atoms with Crippen LogP contribution in [-0.2, 0) is 0 Å². The van der Waals surface area contributed by atoms with Gasteiger partial charge in [0.2, 0.25) is 0 Å². The molecule has 0 radical (unpaired) electrons. The molecule has 1 saturated carbocycles. The lowest BCUT2D eigenvalue weighted by molar-refractivity contribution is 0.312. The molecule has 0 unspecified atom stereocenters. The fourth-order valence-electron chi connectivity index (χ4n) is 2.63. The summed E-state index contributed by atoms with van der Waals surface area (Å²) in [5, 5.41) is 7.22. The first-order valence-corrected chi connectivity index (χ1v) is 6.04. The number of piperidine rings is 1. The van der Waals surface area contributed by atoms with Crippen LogP contribution in [0.25, 0.3) is 0 Å². The Morgan fingerprint density at radius 2 is 1.79 bits per heavy atom. The van der Waals surface area contributed by atoms with Gasteiger partial charge in [0.15, 0.2) is 0 Å². The van der Waals surface area contributed by atoms with Crippen molar-refractivity contribution in [1.82, 2.24) is 10.6 Å². The Morgan fingerprint density at radius 3 is 2.29 bits per heavy atom. The maximum atomic E-state index is 3.81. The van der Waals surface area contributed by atoms with E-state index in [4.69, 9.17) is 0 Å². The second-order valence-electron chi connectivity index (χ2n) is 6.01. The van der Waals surface area contributed by atoms with Gasteiger partial charge in [0, 0.05) is 12.1 Å². The highest BCUT2D eigenvalue weighted by Gasteiger charge is 2.45. The van der Waals surface area contributed by atoms with E-state index in [1.54, 1.807) is 0 Å². The summed E-state index contributed by atoms with van der Waals surface area (Å²) < 4.78 is 0. The molecule has 1 aliphatic carbocycles. The van der Waals surface area contributed by atoms with Crippen LogP contribution in [0.1, 0.15) is 40.0 Å². The Bertz CT molecular complexity index is 189. The van der Waals surface area contributed by atoms with Crippen molar-refractivity contribution in [3.8, 4) is 0 Å². The van der Waals surface area contributed by atoms with Gasteiger partial charge in [-0.25, -0.2) is 0 Å². The zero-order chi connectivity index (χ0) is 10.2. The van der Waals surface area contributed by atoms with E-state index in [1.165, 1.54) is 32.4 Å².